The smallest absolute Gasteiger partial charge is 0.124 e. The summed E-state index contributed by atoms with van der Waals surface area (Å²) >= 11 is 0. The Hall–Kier alpha value is -4.22. The number of nitrogens with zero attached hydrogens (tertiary/aromatic N) is 2. The first kappa shape index (κ1) is 34.6. The zero-order valence-corrected chi connectivity index (χ0v) is 32.6. The molecule has 0 unspecified atom stereocenters. The number of furan rings is 1. The van der Waals surface area contributed by atoms with Crippen LogP contribution in [0.2, 0.25) is 19.6 Å². The normalized spacial score (nSPS) is 11.9. The van der Waals surface area contributed by atoms with E-state index in [2.05, 4.69) is 86.8 Å². The van der Waals surface area contributed by atoms with Gasteiger partial charge in [0.1, 0.15) is 11.4 Å². The first-order valence-corrected chi connectivity index (χ1v) is 19.8. The number of aryl methyl sites for hydroxylation is 3. The Labute approximate surface area is 305 Å². The molecule has 0 spiro atoms. The Kier molecular flexibility index (Phi) is 10.4. The fourth-order valence-electron chi connectivity index (χ4n) is 6.43. The number of pyridine rings is 2. The molecule has 1 radical (unpaired) electrons. The van der Waals surface area contributed by atoms with Gasteiger partial charge in [-0.25, -0.2) is 4.39 Å². The number of benzene rings is 4. The Balaban J connectivity index is 0.000000204. The Morgan fingerprint density at radius 2 is 1.57 bits per heavy atom. The van der Waals surface area contributed by atoms with E-state index in [1.165, 1.54) is 39.6 Å². The molecule has 0 aliphatic carbocycles. The molecule has 0 N–H and O–H groups in total. The van der Waals surface area contributed by atoms with E-state index in [1.807, 2.05) is 68.7 Å². The van der Waals surface area contributed by atoms with Crippen molar-refractivity contribution in [3.05, 3.63) is 138 Å². The molecule has 7 aromatic rings. The number of hydrogen-bond donors (Lipinski definition) is 0. The number of aromatic nitrogens is 2. The predicted molar refractivity (Wildman–Crippen MR) is 201 cm³/mol. The summed E-state index contributed by atoms with van der Waals surface area (Å²) < 4.78 is 28.2. The van der Waals surface area contributed by atoms with Crippen molar-refractivity contribution in [3.63, 3.8) is 0 Å². The van der Waals surface area contributed by atoms with Crippen LogP contribution in [0, 0.1) is 38.7 Å². The molecule has 3 aromatic heterocycles. The van der Waals surface area contributed by atoms with Gasteiger partial charge in [0, 0.05) is 39.3 Å². The van der Waals surface area contributed by atoms with E-state index >= 15 is 0 Å². The van der Waals surface area contributed by atoms with Crippen molar-refractivity contribution < 1.29 is 30.3 Å². The van der Waals surface area contributed by atoms with Gasteiger partial charge >= 0.3 is 0 Å². The second-order valence-corrected chi connectivity index (χ2v) is 18.7. The van der Waals surface area contributed by atoms with Gasteiger partial charge in [-0.2, -0.15) is 0 Å². The van der Waals surface area contributed by atoms with Crippen molar-refractivity contribution in [1.82, 2.24) is 9.97 Å². The Morgan fingerprint density at radius 3 is 2.24 bits per heavy atom. The molecule has 251 valence electrons. The maximum absolute atomic E-state index is 13.7. The van der Waals surface area contributed by atoms with Crippen molar-refractivity contribution in [3.8, 4) is 33.6 Å². The molecule has 6 heteroatoms. The minimum atomic E-state index is -1.50. The standard InChI is InChI=1S/C26H19FNO.C17H22NSi.Ir/c1-15-11-16(2)25(17(3)12-15)18-9-10-28-23(13-18)21-6-4-5-20-22-14-19(27)7-8-24(22)29-26(20)21;1-13(2)15-11-16(14-9-7-6-8-10-14)18-12-17(15)19(3,4)5;/h4-5,7-14H,1-3H3;6-9,11-13H,1-5H3;/q2*-1;/i;13D;. The summed E-state index contributed by atoms with van der Waals surface area (Å²) in [7, 11) is -1.50. The van der Waals surface area contributed by atoms with Crippen LogP contribution in [-0.2, 0) is 20.1 Å². The summed E-state index contributed by atoms with van der Waals surface area (Å²) in [5, 5.41) is 2.90. The second-order valence-electron chi connectivity index (χ2n) is 13.7. The molecule has 0 saturated heterocycles. The number of rotatable bonds is 5. The summed E-state index contributed by atoms with van der Waals surface area (Å²) in [6.45, 7) is 17.2. The van der Waals surface area contributed by atoms with Crippen LogP contribution in [0.3, 0.4) is 0 Å². The minimum Gasteiger partial charge on any atom is -0.501 e. The van der Waals surface area contributed by atoms with Crippen LogP contribution >= 0.6 is 0 Å². The van der Waals surface area contributed by atoms with E-state index in [0.717, 1.165) is 44.4 Å². The molecule has 0 amide bonds. The average molecular weight is 842 g/mol. The van der Waals surface area contributed by atoms with Crippen LogP contribution in [0.15, 0.2) is 102 Å². The quantitative estimate of drug-likeness (QED) is 0.128. The topological polar surface area (TPSA) is 38.9 Å². The molecule has 7 rings (SSSR count). The van der Waals surface area contributed by atoms with E-state index in [0.29, 0.717) is 11.2 Å². The van der Waals surface area contributed by atoms with Gasteiger partial charge < -0.3 is 14.4 Å². The van der Waals surface area contributed by atoms with Gasteiger partial charge in [-0.15, -0.1) is 54.1 Å². The molecule has 0 fully saturated rings. The summed E-state index contributed by atoms with van der Waals surface area (Å²) in [5.41, 5.74) is 11.9. The van der Waals surface area contributed by atoms with E-state index in [-0.39, 0.29) is 25.9 Å². The first-order chi connectivity index (χ1) is 23.2. The maximum atomic E-state index is 13.7. The van der Waals surface area contributed by atoms with Crippen molar-refractivity contribution in [2.45, 2.75) is 60.2 Å². The number of fused-ring (bicyclic) bond motifs is 3. The van der Waals surface area contributed by atoms with Gasteiger partial charge in [0.25, 0.3) is 0 Å². The summed E-state index contributed by atoms with van der Waals surface area (Å²) in [6, 6.07) is 33.2. The van der Waals surface area contributed by atoms with Crippen molar-refractivity contribution >= 4 is 35.2 Å². The molecule has 3 heterocycles. The van der Waals surface area contributed by atoms with E-state index in [9.17, 15) is 4.39 Å². The van der Waals surface area contributed by atoms with Crippen molar-refractivity contribution in [2.24, 2.45) is 0 Å². The first-order valence-electron chi connectivity index (χ1n) is 16.8. The SMILES string of the molecule is Cc1cc(C)c(-c2ccnc(-c3[c-]ccc4c3oc3ccc(F)cc34)c2)c(C)c1.[2H]C(C)(C)c1cc(-c2[c-]cccc2)ncc1[Si](C)(C)C.[Ir]. The molecule has 4 aromatic carbocycles. The van der Waals surface area contributed by atoms with Crippen LogP contribution in [0.4, 0.5) is 4.39 Å². The molecular formula is C43H41FIrN2OSi-2. The predicted octanol–water partition coefficient (Wildman–Crippen LogP) is 11.4. The van der Waals surface area contributed by atoms with Gasteiger partial charge in [-0.1, -0.05) is 79.8 Å². The maximum Gasteiger partial charge on any atom is 0.124 e. The van der Waals surface area contributed by atoms with E-state index < -0.39 is 14.0 Å². The van der Waals surface area contributed by atoms with Crippen LogP contribution < -0.4 is 5.19 Å². The second kappa shape index (κ2) is 14.7. The molecule has 0 saturated carbocycles. The summed E-state index contributed by atoms with van der Waals surface area (Å²) in [5.74, 6) is -0.887. The van der Waals surface area contributed by atoms with E-state index in [1.54, 1.807) is 6.07 Å². The number of hydrogen-bond acceptors (Lipinski definition) is 3. The van der Waals surface area contributed by atoms with Gasteiger partial charge in [0.05, 0.1) is 13.7 Å². The van der Waals surface area contributed by atoms with Crippen LogP contribution in [-0.4, -0.2) is 18.0 Å². The Bertz CT molecular complexity index is 2280. The monoisotopic (exact) mass is 842 g/mol. The average Bonchev–Trinajstić information content (AvgIpc) is 3.42. The molecule has 0 atom stereocenters. The number of halogens is 1. The molecule has 0 aliphatic rings. The zero-order valence-electron chi connectivity index (χ0n) is 30.3. The minimum absolute atomic E-state index is 0. The van der Waals surface area contributed by atoms with E-state index in [4.69, 9.17) is 5.79 Å². The fraction of sp³-hybridized carbons (Fsp3) is 0.209. The van der Waals surface area contributed by atoms with Gasteiger partial charge in [-0.3, -0.25) is 0 Å². The third-order valence-electron chi connectivity index (χ3n) is 8.61. The van der Waals surface area contributed by atoms with Crippen LogP contribution in [0.5, 0.6) is 0 Å². The van der Waals surface area contributed by atoms with Crippen molar-refractivity contribution in [2.75, 3.05) is 0 Å². The molecule has 0 bridgehead atoms. The molecular weight excluding hydrogens is 800 g/mol. The van der Waals surface area contributed by atoms with Crippen LogP contribution in [0.1, 0.15) is 43.4 Å². The van der Waals surface area contributed by atoms with Gasteiger partial charge in [0.15, 0.2) is 0 Å². The fourth-order valence-corrected chi connectivity index (χ4v) is 8.01. The van der Waals surface area contributed by atoms with Crippen LogP contribution in [0.25, 0.3) is 55.6 Å². The largest absolute Gasteiger partial charge is 0.501 e. The van der Waals surface area contributed by atoms with Gasteiger partial charge in [0.2, 0.25) is 0 Å². The molecule has 0 aliphatic heterocycles. The third kappa shape index (κ3) is 7.67. The van der Waals surface area contributed by atoms with Gasteiger partial charge in [-0.05, 0) is 89.8 Å². The summed E-state index contributed by atoms with van der Waals surface area (Å²) in [4.78, 5) is 9.19. The molecule has 49 heavy (non-hydrogen) atoms. The Morgan fingerprint density at radius 1 is 0.816 bits per heavy atom. The zero-order chi connectivity index (χ0) is 35.1. The summed E-state index contributed by atoms with van der Waals surface area (Å²) in [6.07, 6.45) is 3.80. The van der Waals surface area contributed by atoms with Crippen molar-refractivity contribution in [1.29, 1.82) is 0 Å². The third-order valence-corrected chi connectivity index (χ3v) is 10.6. The molecule has 3 nitrogen and oxygen atoms in total.